The van der Waals surface area contributed by atoms with Crippen LogP contribution in [0.4, 0.5) is 0 Å². The van der Waals surface area contributed by atoms with Crippen LogP contribution >= 0.6 is 0 Å². The van der Waals surface area contributed by atoms with Gasteiger partial charge in [0.05, 0.1) is 23.9 Å². The Morgan fingerprint density at radius 2 is 1.79 bits per heavy atom. The van der Waals surface area contributed by atoms with Crippen molar-refractivity contribution in [2.75, 3.05) is 7.11 Å². The molecular formula is C22H19N3O4. The average molecular weight is 389 g/mol. The lowest BCUT2D eigenvalue weighted by Gasteiger charge is -2.11. The summed E-state index contributed by atoms with van der Waals surface area (Å²) >= 11 is 0. The zero-order chi connectivity index (χ0) is 20.4. The van der Waals surface area contributed by atoms with Crippen molar-refractivity contribution in [3.63, 3.8) is 0 Å². The first-order valence-corrected chi connectivity index (χ1v) is 9.07. The van der Waals surface area contributed by atoms with Gasteiger partial charge in [-0.25, -0.2) is 4.79 Å². The smallest absolute Gasteiger partial charge is 0.340 e. The van der Waals surface area contributed by atoms with Gasteiger partial charge in [-0.1, -0.05) is 23.4 Å². The highest BCUT2D eigenvalue weighted by atomic mass is 16.6. The fraction of sp³-hybridized carbons (Fsp3) is 0.182. The third-order valence-electron chi connectivity index (χ3n) is 4.68. The highest BCUT2D eigenvalue weighted by molar-refractivity contribution is 5.98. The molecule has 0 aliphatic heterocycles. The minimum Gasteiger partial charge on any atom is -0.497 e. The zero-order valence-corrected chi connectivity index (χ0v) is 16.3. The number of aromatic nitrogens is 3. The van der Waals surface area contributed by atoms with Crippen LogP contribution in [0.1, 0.15) is 27.5 Å². The van der Waals surface area contributed by atoms with E-state index in [0.29, 0.717) is 17.1 Å². The molecule has 0 amide bonds. The van der Waals surface area contributed by atoms with Gasteiger partial charge >= 0.3 is 5.97 Å². The summed E-state index contributed by atoms with van der Waals surface area (Å²) in [6.07, 6.45) is 0. The zero-order valence-electron chi connectivity index (χ0n) is 16.3. The van der Waals surface area contributed by atoms with E-state index in [1.807, 2.05) is 55.5 Å². The molecule has 0 unspecified atom stereocenters. The predicted molar refractivity (Wildman–Crippen MR) is 107 cm³/mol. The van der Waals surface area contributed by atoms with E-state index < -0.39 is 5.97 Å². The molecule has 0 aliphatic carbocycles. The SMILES string of the molecule is COc1ccc(-c2noc(COC(=O)c3c(C)nc4ccccc4c3C)n2)cc1. The first kappa shape index (κ1) is 18.6. The van der Waals surface area contributed by atoms with Crippen molar-refractivity contribution in [1.82, 2.24) is 15.1 Å². The van der Waals surface area contributed by atoms with E-state index in [1.54, 1.807) is 14.0 Å². The summed E-state index contributed by atoms with van der Waals surface area (Å²) < 4.78 is 15.8. The Kier molecular flexibility index (Phi) is 4.95. The number of ether oxygens (including phenoxy) is 2. The summed E-state index contributed by atoms with van der Waals surface area (Å²) in [5.41, 5.74) is 3.54. The lowest BCUT2D eigenvalue weighted by atomic mass is 10.0. The number of benzene rings is 2. The predicted octanol–water partition coefficient (Wildman–Crippen LogP) is 4.27. The molecule has 0 atom stereocenters. The molecular weight excluding hydrogens is 370 g/mol. The Hall–Kier alpha value is -3.74. The van der Waals surface area contributed by atoms with E-state index in [1.165, 1.54) is 0 Å². The lowest BCUT2D eigenvalue weighted by molar-refractivity contribution is 0.0428. The largest absolute Gasteiger partial charge is 0.497 e. The van der Waals surface area contributed by atoms with Crippen molar-refractivity contribution >= 4 is 16.9 Å². The number of methoxy groups -OCH3 is 1. The fourth-order valence-electron chi connectivity index (χ4n) is 3.20. The first-order chi connectivity index (χ1) is 14.1. The number of hydrogen-bond donors (Lipinski definition) is 0. The third kappa shape index (κ3) is 3.67. The maximum absolute atomic E-state index is 12.7. The molecule has 7 nitrogen and oxygen atoms in total. The molecule has 0 aliphatic rings. The van der Waals surface area contributed by atoms with Crippen molar-refractivity contribution in [3.8, 4) is 17.1 Å². The van der Waals surface area contributed by atoms with Crippen LogP contribution < -0.4 is 4.74 Å². The number of hydrogen-bond acceptors (Lipinski definition) is 7. The number of aryl methyl sites for hydroxylation is 2. The molecule has 2 aromatic carbocycles. The third-order valence-corrected chi connectivity index (χ3v) is 4.68. The van der Waals surface area contributed by atoms with Crippen LogP contribution in [0.5, 0.6) is 5.75 Å². The standard InChI is InChI=1S/C22H19N3O4/c1-13-17-6-4-5-7-18(17)23-14(2)20(13)22(26)28-12-19-24-21(25-29-19)15-8-10-16(27-3)11-9-15/h4-11H,12H2,1-3H3. The van der Waals surface area contributed by atoms with Crippen molar-refractivity contribution in [1.29, 1.82) is 0 Å². The van der Waals surface area contributed by atoms with Crippen LogP contribution in [-0.4, -0.2) is 28.2 Å². The molecule has 0 saturated carbocycles. The number of pyridine rings is 1. The van der Waals surface area contributed by atoms with Crippen LogP contribution in [0.15, 0.2) is 53.1 Å². The summed E-state index contributed by atoms with van der Waals surface area (Å²) in [5, 5.41) is 4.86. The number of carbonyl (C=O) groups excluding carboxylic acids is 1. The molecule has 0 spiro atoms. The van der Waals surface area contributed by atoms with Gasteiger partial charge in [0.25, 0.3) is 5.89 Å². The van der Waals surface area contributed by atoms with Crippen LogP contribution in [0, 0.1) is 13.8 Å². The van der Waals surface area contributed by atoms with E-state index in [-0.39, 0.29) is 12.5 Å². The van der Waals surface area contributed by atoms with Crippen LogP contribution in [-0.2, 0) is 11.3 Å². The van der Waals surface area contributed by atoms with Crippen LogP contribution in [0.2, 0.25) is 0 Å². The summed E-state index contributed by atoms with van der Waals surface area (Å²) in [6, 6.07) is 15.0. The Bertz CT molecular complexity index is 1180. The maximum Gasteiger partial charge on any atom is 0.340 e. The Labute approximate surface area is 167 Å². The monoisotopic (exact) mass is 389 g/mol. The van der Waals surface area contributed by atoms with Crippen molar-refractivity contribution in [2.45, 2.75) is 20.5 Å². The molecule has 4 aromatic rings. The average Bonchev–Trinajstić information content (AvgIpc) is 3.21. The molecule has 0 fully saturated rings. The number of nitrogens with zero attached hydrogens (tertiary/aromatic N) is 3. The Morgan fingerprint density at radius 1 is 1.03 bits per heavy atom. The minimum atomic E-state index is -0.470. The molecule has 146 valence electrons. The number of para-hydroxylation sites is 1. The topological polar surface area (TPSA) is 87.3 Å². The highest BCUT2D eigenvalue weighted by Gasteiger charge is 2.19. The summed E-state index contributed by atoms with van der Waals surface area (Å²) in [4.78, 5) is 21.5. The van der Waals surface area contributed by atoms with Gasteiger partial charge in [0.1, 0.15) is 5.75 Å². The van der Waals surface area contributed by atoms with E-state index in [2.05, 4.69) is 15.1 Å². The van der Waals surface area contributed by atoms with E-state index in [9.17, 15) is 4.79 Å². The van der Waals surface area contributed by atoms with Gasteiger partial charge in [-0.05, 0) is 49.7 Å². The number of carbonyl (C=O) groups is 1. The Morgan fingerprint density at radius 3 is 2.55 bits per heavy atom. The van der Waals surface area contributed by atoms with Gasteiger partial charge in [0.15, 0.2) is 6.61 Å². The second-order valence-corrected chi connectivity index (χ2v) is 6.53. The van der Waals surface area contributed by atoms with Gasteiger partial charge in [-0.2, -0.15) is 4.98 Å². The normalized spacial score (nSPS) is 10.9. The van der Waals surface area contributed by atoms with Gasteiger partial charge in [0, 0.05) is 10.9 Å². The molecule has 0 saturated heterocycles. The van der Waals surface area contributed by atoms with Crippen molar-refractivity contribution in [3.05, 3.63) is 71.2 Å². The number of esters is 1. The quantitative estimate of drug-likeness (QED) is 0.471. The fourth-order valence-corrected chi connectivity index (χ4v) is 3.20. The number of rotatable bonds is 5. The molecule has 0 radical (unpaired) electrons. The highest BCUT2D eigenvalue weighted by Crippen LogP contribution is 2.24. The lowest BCUT2D eigenvalue weighted by Crippen LogP contribution is -2.11. The molecule has 7 heteroatoms. The van der Waals surface area contributed by atoms with Crippen LogP contribution in [0.3, 0.4) is 0 Å². The molecule has 0 bridgehead atoms. The molecule has 0 N–H and O–H groups in total. The van der Waals surface area contributed by atoms with Crippen molar-refractivity contribution < 1.29 is 18.8 Å². The second-order valence-electron chi connectivity index (χ2n) is 6.53. The van der Waals surface area contributed by atoms with Crippen LogP contribution in [0.25, 0.3) is 22.3 Å². The van der Waals surface area contributed by atoms with E-state index >= 15 is 0 Å². The molecule has 2 aromatic heterocycles. The van der Waals surface area contributed by atoms with Gasteiger partial charge in [-0.3, -0.25) is 4.98 Å². The molecule has 2 heterocycles. The Balaban J connectivity index is 1.50. The van der Waals surface area contributed by atoms with Gasteiger partial charge < -0.3 is 14.0 Å². The molecule has 29 heavy (non-hydrogen) atoms. The minimum absolute atomic E-state index is 0.117. The summed E-state index contributed by atoms with van der Waals surface area (Å²) in [7, 11) is 1.60. The summed E-state index contributed by atoms with van der Waals surface area (Å²) in [5.74, 6) is 0.898. The maximum atomic E-state index is 12.7. The van der Waals surface area contributed by atoms with Gasteiger partial charge in [0.2, 0.25) is 5.82 Å². The second kappa shape index (κ2) is 7.71. The summed E-state index contributed by atoms with van der Waals surface area (Å²) in [6.45, 7) is 3.57. The number of fused-ring (bicyclic) bond motifs is 1. The van der Waals surface area contributed by atoms with E-state index in [0.717, 1.165) is 27.8 Å². The van der Waals surface area contributed by atoms with E-state index in [4.69, 9.17) is 14.0 Å². The van der Waals surface area contributed by atoms with Gasteiger partial charge in [-0.15, -0.1) is 0 Å². The first-order valence-electron chi connectivity index (χ1n) is 9.07. The van der Waals surface area contributed by atoms with Crippen molar-refractivity contribution in [2.24, 2.45) is 0 Å². The molecule has 4 rings (SSSR count).